The number of tetrazole rings is 1. The summed E-state index contributed by atoms with van der Waals surface area (Å²) in [5.41, 5.74) is 0.455. The van der Waals surface area contributed by atoms with Crippen molar-refractivity contribution < 1.29 is 9.90 Å². The summed E-state index contributed by atoms with van der Waals surface area (Å²) in [5, 5.41) is 24.3. The number of para-hydroxylation sites is 1. The monoisotopic (exact) mass is 356 g/mol. The molecule has 0 unspecified atom stereocenters. The number of hydrogen-bond donors (Lipinski definition) is 2. The number of anilines is 1. The van der Waals surface area contributed by atoms with Crippen LogP contribution in [0.2, 0.25) is 0 Å². The topological polar surface area (TPSA) is 96.2 Å². The fraction of sp³-hybridized carbons (Fsp3) is 0.556. The van der Waals surface area contributed by atoms with Gasteiger partial charge in [0.05, 0.1) is 17.7 Å². The van der Waals surface area contributed by atoms with Gasteiger partial charge in [-0.15, -0.1) is 0 Å². The van der Waals surface area contributed by atoms with E-state index in [9.17, 15) is 4.79 Å². The number of benzene rings is 1. The molecule has 1 amide bonds. The average Bonchev–Trinajstić information content (AvgIpc) is 3.39. The predicted molar refractivity (Wildman–Crippen MR) is 95.9 cm³/mol. The normalized spacial score (nSPS) is 27.1. The number of amides is 1. The molecule has 2 fully saturated rings. The number of fused-ring (bicyclic) bond motifs is 2. The molecule has 8 nitrogen and oxygen atoms in total. The van der Waals surface area contributed by atoms with Gasteiger partial charge in [0.2, 0.25) is 5.91 Å². The van der Waals surface area contributed by atoms with Crippen molar-refractivity contribution in [2.45, 2.75) is 44.7 Å². The fourth-order valence-electron chi connectivity index (χ4n) is 4.69. The van der Waals surface area contributed by atoms with E-state index in [2.05, 4.69) is 32.7 Å². The minimum Gasteiger partial charge on any atom is -0.395 e. The second-order valence-electron chi connectivity index (χ2n) is 7.07. The summed E-state index contributed by atoms with van der Waals surface area (Å²) in [6, 6.07) is 10.1. The van der Waals surface area contributed by atoms with Crippen LogP contribution in [0, 0.1) is 5.41 Å². The van der Waals surface area contributed by atoms with Crippen LogP contribution in [-0.2, 0) is 4.79 Å². The highest BCUT2D eigenvalue weighted by Crippen LogP contribution is 2.53. The molecule has 2 aromatic rings. The van der Waals surface area contributed by atoms with Gasteiger partial charge in [-0.05, 0) is 48.2 Å². The lowest BCUT2D eigenvalue weighted by Gasteiger charge is -2.35. The molecule has 2 aliphatic heterocycles. The molecule has 4 rings (SSSR count). The molecule has 2 bridgehead atoms. The van der Waals surface area contributed by atoms with Crippen LogP contribution in [0.1, 0.15) is 32.6 Å². The van der Waals surface area contributed by atoms with Crippen LogP contribution in [0.3, 0.4) is 0 Å². The number of nitrogens with one attached hydrogen (secondary N) is 1. The van der Waals surface area contributed by atoms with E-state index in [1.54, 1.807) is 4.68 Å². The Morgan fingerprint density at radius 1 is 1.35 bits per heavy atom. The number of aliphatic hydroxyl groups is 1. The highest BCUT2D eigenvalue weighted by molar-refractivity contribution is 5.85. The minimum absolute atomic E-state index is 0.0324. The van der Waals surface area contributed by atoms with Gasteiger partial charge in [0.1, 0.15) is 0 Å². The van der Waals surface area contributed by atoms with Gasteiger partial charge in [-0.3, -0.25) is 4.79 Å². The van der Waals surface area contributed by atoms with E-state index >= 15 is 0 Å². The molecule has 1 aromatic heterocycles. The first-order valence-electron chi connectivity index (χ1n) is 9.22. The first-order valence-corrected chi connectivity index (χ1v) is 9.22. The molecule has 2 aliphatic rings. The van der Waals surface area contributed by atoms with Crippen molar-refractivity contribution in [1.82, 2.24) is 25.5 Å². The Balaban J connectivity index is 1.68. The summed E-state index contributed by atoms with van der Waals surface area (Å²) >= 11 is 0. The first-order chi connectivity index (χ1) is 12.7. The third kappa shape index (κ3) is 2.47. The highest BCUT2D eigenvalue weighted by atomic mass is 16.3. The maximum absolute atomic E-state index is 12.9. The fourth-order valence-corrected chi connectivity index (χ4v) is 4.69. The van der Waals surface area contributed by atoms with Crippen molar-refractivity contribution in [3.63, 3.8) is 0 Å². The quantitative estimate of drug-likeness (QED) is 0.799. The third-order valence-electron chi connectivity index (χ3n) is 5.91. The van der Waals surface area contributed by atoms with Crippen LogP contribution >= 0.6 is 0 Å². The summed E-state index contributed by atoms with van der Waals surface area (Å²) in [7, 11) is 0. The Bertz CT molecular complexity index is 779. The van der Waals surface area contributed by atoms with Crippen molar-refractivity contribution in [3.05, 3.63) is 30.3 Å². The lowest BCUT2D eigenvalue weighted by Crippen LogP contribution is -2.49. The van der Waals surface area contributed by atoms with E-state index in [-0.39, 0.29) is 24.6 Å². The Kier molecular flexibility index (Phi) is 4.36. The van der Waals surface area contributed by atoms with Gasteiger partial charge in [-0.2, -0.15) is 4.68 Å². The smallest absolute Gasteiger partial charge is 0.250 e. The van der Waals surface area contributed by atoms with Crippen molar-refractivity contribution in [2.75, 3.05) is 18.1 Å². The molecule has 0 aliphatic carbocycles. The molecule has 2 N–H and O–H groups in total. The van der Waals surface area contributed by atoms with E-state index in [0.29, 0.717) is 12.5 Å². The maximum atomic E-state index is 12.9. The number of rotatable bonds is 6. The summed E-state index contributed by atoms with van der Waals surface area (Å²) in [6.07, 6.45) is 3.55. The zero-order valence-electron chi connectivity index (χ0n) is 14.9. The molecule has 26 heavy (non-hydrogen) atoms. The number of aliphatic hydroxyl groups excluding tert-OH is 1. The lowest BCUT2D eigenvalue weighted by molar-refractivity contribution is -0.132. The van der Waals surface area contributed by atoms with Crippen molar-refractivity contribution in [2.24, 2.45) is 5.41 Å². The van der Waals surface area contributed by atoms with Crippen LogP contribution in [-0.4, -0.2) is 56.5 Å². The Labute approximate surface area is 152 Å². The largest absolute Gasteiger partial charge is 0.395 e. The zero-order chi connectivity index (χ0) is 18.1. The van der Waals surface area contributed by atoms with Crippen LogP contribution in [0.25, 0.3) is 5.69 Å². The molecule has 3 atom stereocenters. The van der Waals surface area contributed by atoms with E-state index in [1.807, 2.05) is 30.3 Å². The number of aromatic nitrogens is 4. The number of carbonyl (C=O) groups is 1. The first kappa shape index (κ1) is 17.0. The van der Waals surface area contributed by atoms with E-state index < -0.39 is 5.41 Å². The van der Waals surface area contributed by atoms with Crippen molar-refractivity contribution in [1.29, 1.82) is 0 Å². The molecule has 2 saturated heterocycles. The zero-order valence-corrected chi connectivity index (χ0v) is 14.9. The molecule has 0 spiro atoms. The van der Waals surface area contributed by atoms with Crippen molar-refractivity contribution in [3.8, 4) is 5.69 Å². The number of carbonyl (C=O) groups excluding carboxylic acids is 1. The molecular weight excluding hydrogens is 332 g/mol. The van der Waals surface area contributed by atoms with E-state index in [1.165, 1.54) is 0 Å². The molecule has 0 saturated carbocycles. The third-order valence-corrected chi connectivity index (χ3v) is 5.91. The second kappa shape index (κ2) is 6.68. The molecule has 138 valence electrons. The number of nitrogens with zero attached hydrogens (tertiary/aromatic N) is 5. The van der Waals surface area contributed by atoms with Crippen LogP contribution in [0.5, 0.6) is 0 Å². The Morgan fingerprint density at radius 3 is 2.88 bits per heavy atom. The average molecular weight is 356 g/mol. The van der Waals surface area contributed by atoms with Crippen LogP contribution in [0.4, 0.5) is 5.95 Å². The van der Waals surface area contributed by atoms with E-state index in [4.69, 9.17) is 5.11 Å². The molecule has 8 heteroatoms. The Morgan fingerprint density at radius 2 is 2.15 bits per heavy atom. The van der Waals surface area contributed by atoms with Gasteiger partial charge in [-0.25, -0.2) is 0 Å². The SMILES string of the molecule is CC[C@]1(C(=O)NCCO)C[C@H]2CC[C@@H]1N2c1nnnn1-c1ccccc1. The number of hydrogen-bond acceptors (Lipinski definition) is 6. The Hall–Kier alpha value is -2.48. The van der Waals surface area contributed by atoms with E-state index in [0.717, 1.165) is 31.4 Å². The highest BCUT2D eigenvalue weighted by Gasteiger charge is 2.59. The van der Waals surface area contributed by atoms with Crippen molar-refractivity contribution >= 4 is 11.9 Å². The van der Waals surface area contributed by atoms with Gasteiger partial charge in [0.25, 0.3) is 5.95 Å². The molecule has 1 aromatic carbocycles. The summed E-state index contributed by atoms with van der Waals surface area (Å²) < 4.78 is 1.75. The summed E-state index contributed by atoms with van der Waals surface area (Å²) in [5.74, 6) is 0.735. The molecule has 3 heterocycles. The standard InChI is InChI=1S/C18H24N6O2/c1-2-18(16(26)19-10-11-25)12-14-8-9-15(18)23(14)17-20-21-22-24(17)13-6-4-3-5-7-13/h3-7,14-15,25H,2,8-12H2,1H3,(H,19,26)/t14-,15+,18+/m1/s1. The van der Waals surface area contributed by atoms with Gasteiger partial charge in [0, 0.05) is 18.6 Å². The molecular formula is C18H24N6O2. The van der Waals surface area contributed by atoms with Gasteiger partial charge in [-0.1, -0.05) is 30.2 Å². The molecule has 0 radical (unpaired) electrons. The van der Waals surface area contributed by atoms with Crippen LogP contribution < -0.4 is 10.2 Å². The maximum Gasteiger partial charge on any atom is 0.250 e. The van der Waals surface area contributed by atoms with Gasteiger partial charge < -0.3 is 15.3 Å². The lowest BCUT2D eigenvalue weighted by atomic mass is 9.71. The summed E-state index contributed by atoms with van der Waals surface area (Å²) in [4.78, 5) is 15.2. The second-order valence-corrected chi connectivity index (χ2v) is 7.07. The minimum atomic E-state index is -0.453. The predicted octanol–water partition coefficient (Wildman–Crippen LogP) is 0.908. The van der Waals surface area contributed by atoms with Gasteiger partial charge >= 0.3 is 0 Å². The van der Waals surface area contributed by atoms with Gasteiger partial charge in [0.15, 0.2) is 0 Å². The summed E-state index contributed by atoms with van der Waals surface area (Å²) in [6.45, 7) is 2.31. The van der Waals surface area contributed by atoms with Crippen LogP contribution in [0.15, 0.2) is 30.3 Å².